The number of rotatable bonds is 4. The summed E-state index contributed by atoms with van der Waals surface area (Å²) in [6, 6.07) is 0. The quantitative estimate of drug-likeness (QED) is 0.750. The van der Waals surface area contributed by atoms with Crippen LogP contribution in [-0.2, 0) is 30.7 Å². The van der Waals surface area contributed by atoms with Gasteiger partial charge in [0.15, 0.2) is 0 Å². The Morgan fingerprint density at radius 1 is 1.07 bits per heavy atom. The second-order valence-corrected chi connectivity index (χ2v) is 10.4. The molecule has 2 fully saturated rings. The summed E-state index contributed by atoms with van der Waals surface area (Å²) in [6.07, 6.45) is 8.86. The van der Waals surface area contributed by atoms with Gasteiger partial charge in [-0.15, -0.1) is 11.3 Å². The summed E-state index contributed by atoms with van der Waals surface area (Å²) in [6.45, 7) is 6.75. The monoisotopic (exact) mass is 428 g/mol. The normalized spacial score (nSPS) is 20.8. The molecule has 2 aromatic heterocycles. The lowest BCUT2D eigenvalue weighted by molar-refractivity contribution is -0.133. The van der Waals surface area contributed by atoms with E-state index in [2.05, 4.69) is 11.8 Å². The van der Waals surface area contributed by atoms with E-state index in [4.69, 9.17) is 4.98 Å². The summed E-state index contributed by atoms with van der Waals surface area (Å²) in [4.78, 5) is 38.3. The molecule has 0 atom stereocenters. The first-order valence-corrected chi connectivity index (χ1v) is 12.5. The van der Waals surface area contributed by atoms with Crippen LogP contribution in [0.2, 0.25) is 0 Å². The van der Waals surface area contributed by atoms with Crippen molar-refractivity contribution in [1.29, 1.82) is 0 Å². The number of thiophene rings is 1. The number of fused-ring (bicyclic) bond motifs is 3. The van der Waals surface area contributed by atoms with E-state index in [1.54, 1.807) is 15.9 Å². The third kappa shape index (κ3) is 3.82. The highest BCUT2D eigenvalue weighted by Gasteiger charge is 2.26. The Balaban J connectivity index is 1.52. The van der Waals surface area contributed by atoms with Crippen molar-refractivity contribution in [1.82, 2.24) is 19.4 Å². The molecule has 1 amide bonds. The predicted molar refractivity (Wildman–Crippen MR) is 120 cm³/mol. The zero-order valence-electron chi connectivity index (χ0n) is 18.0. The van der Waals surface area contributed by atoms with Crippen LogP contribution in [0, 0.1) is 5.92 Å². The van der Waals surface area contributed by atoms with Crippen LogP contribution in [0.15, 0.2) is 4.79 Å². The Morgan fingerprint density at radius 3 is 2.57 bits per heavy atom. The zero-order chi connectivity index (χ0) is 20.7. The minimum absolute atomic E-state index is 0.00678. The van der Waals surface area contributed by atoms with Gasteiger partial charge < -0.3 is 4.90 Å². The lowest BCUT2D eigenvalue weighted by atomic mass is 9.97. The third-order valence-corrected chi connectivity index (χ3v) is 8.33. The van der Waals surface area contributed by atoms with Gasteiger partial charge in [0.05, 0.1) is 11.9 Å². The fourth-order valence-electron chi connectivity index (χ4n) is 5.20. The van der Waals surface area contributed by atoms with E-state index in [1.807, 2.05) is 4.90 Å². The van der Waals surface area contributed by atoms with Crippen molar-refractivity contribution in [2.45, 2.75) is 71.4 Å². The van der Waals surface area contributed by atoms with E-state index >= 15 is 0 Å². The van der Waals surface area contributed by atoms with E-state index in [0.29, 0.717) is 12.5 Å². The number of carbonyl (C=O) groups excluding carboxylic acids is 1. The molecule has 0 spiro atoms. The molecule has 2 aliphatic heterocycles. The summed E-state index contributed by atoms with van der Waals surface area (Å²) in [5, 5.41) is 0.792. The lowest BCUT2D eigenvalue weighted by Gasteiger charge is -2.30. The molecule has 5 rings (SSSR count). The smallest absolute Gasteiger partial charge is 0.263 e. The van der Waals surface area contributed by atoms with Crippen LogP contribution in [0.1, 0.15) is 61.7 Å². The van der Waals surface area contributed by atoms with Crippen LogP contribution in [-0.4, -0.2) is 51.4 Å². The van der Waals surface area contributed by atoms with Gasteiger partial charge in [0.25, 0.3) is 5.56 Å². The van der Waals surface area contributed by atoms with Gasteiger partial charge in [-0.1, -0.05) is 6.92 Å². The summed E-state index contributed by atoms with van der Waals surface area (Å²) in [5.41, 5.74) is 1.21. The van der Waals surface area contributed by atoms with Crippen LogP contribution < -0.4 is 5.56 Å². The van der Waals surface area contributed by atoms with Gasteiger partial charge in [0.1, 0.15) is 17.2 Å². The minimum Gasteiger partial charge on any atom is -0.341 e. The molecule has 7 heteroatoms. The Kier molecular flexibility index (Phi) is 5.67. The number of amides is 1. The molecule has 6 nitrogen and oxygen atoms in total. The van der Waals surface area contributed by atoms with Gasteiger partial charge in [-0.25, -0.2) is 4.98 Å². The number of likely N-dealkylation sites (tertiary alicyclic amines) is 2. The standard InChI is InChI=1S/C23H32N4O2S/c1-16-8-12-26(13-9-16)20(28)15-27-19(14-25-10-4-5-11-25)24-22-21(23(27)29)17-6-2-3-7-18(17)30-22/h16H,2-15H2,1H3. The van der Waals surface area contributed by atoms with E-state index in [1.165, 1.54) is 29.7 Å². The molecule has 0 unspecified atom stereocenters. The third-order valence-electron chi connectivity index (χ3n) is 7.15. The van der Waals surface area contributed by atoms with Gasteiger partial charge in [-0.2, -0.15) is 0 Å². The van der Waals surface area contributed by atoms with Gasteiger partial charge in [-0.05, 0) is 75.9 Å². The number of hydrogen-bond donors (Lipinski definition) is 0. The van der Waals surface area contributed by atoms with Crippen LogP contribution in [0.25, 0.3) is 10.2 Å². The number of nitrogens with zero attached hydrogens (tertiary/aromatic N) is 4. The highest BCUT2D eigenvalue weighted by atomic mass is 32.1. The first-order valence-electron chi connectivity index (χ1n) is 11.6. The Morgan fingerprint density at radius 2 is 1.80 bits per heavy atom. The van der Waals surface area contributed by atoms with Crippen molar-refractivity contribution in [2.24, 2.45) is 5.92 Å². The van der Waals surface area contributed by atoms with Crippen molar-refractivity contribution in [3.8, 4) is 0 Å². The van der Waals surface area contributed by atoms with Gasteiger partial charge in [0, 0.05) is 18.0 Å². The van der Waals surface area contributed by atoms with E-state index in [9.17, 15) is 9.59 Å². The SMILES string of the molecule is CC1CCN(C(=O)Cn2c(CN3CCCC3)nc3sc4c(c3c2=O)CCCC4)CC1. The molecule has 2 saturated heterocycles. The molecule has 0 aromatic carbocycles. The highest BCUT2D eigenvalue weighted by molar-refractivity contribution is 7.18. The van der Waals surface area contributed by atoms with E-state index in [0.717, 1.165) is 74.3 Å². The van der Waals surface area contributed by atoms with Gasteiger partial charge >= 0.3 is 0 Å². The zero-order valence-corrected chi connectivity index (χ0v) is 18.8. The number of aromatic nitrogens is 2. The van der Waals surface area contributed by atoms with Crippen LogP contribution in [0.4, 0.5) is 0 Å². The number of carbonyl (C=O) groups is 1. The molecule has 0 saturated carbocycles. The average Bonchev–Trinajstić information content (AvgIpc) is 3.38. The maximum atomic E-state index is 13.7. The molecular formula is C23H32N4O2S. The molecule has 0 bridgehead atoms. The molecule has 1 aliphatic carbocycles. The first-order chi connectivity index (χ1) is 14.6. The summed E-state index contributed by atoms with van der Waals surface area (Å²) in [5.74, 6) is 1.52. The Bertz CT molecular complexity index is 997. The Labute approximate surface area is 181 Å². The molecule has 0 radical (unpaired) electrons. The topological polar surface area (TPSA) is 58.4 Å². The van der Waals surface area contributed by atoms with Crippen molar-refractivity contribution < 1.29 is 4.79 Å². The van der Waals surface area contributed by atoms with Crippen molar-refractivity contribution in [3.05, 3.63) is 26.6 Å². The lowest BCUT2D eigenvalue weighted by Crippen LogP contribution is -2.42. The van der Waals surface area contributed by atoms with Crippen LogP contribution in [0.5, 0.6) is 0 Å². The fraction of sp³-hybridized carbons (Fsp3) is 0.696. The summed E-state index contributed by atoms with van der Waals surface area (Å²) in [7, 11) is 0. The maximum Gasteiger partial charge on any atom is 0.263 e. The highest BCUT2D eigenvalue weighted by Crippen LogP contribution is 2.34. The summed E-state index contributed by atoms with van der Waals surface area (Å²) < 4.78 is 1.71. The number of piperidine rings is 1. The van der Waals surface area contributed by atoms with E-state index < -0.39 is 0 Å². The molecule has 2 aromatic rings. The second kappa shape index (κ2) is 8.42. The predicted octanol–water partition coefficient (Wildman–Crippen LogP) is 3.19. The van der Waals surface area contributed by atoms with Crippen molar-refractivity contribution >= 4 is 27.5 Å². The molecular weight excluding hydrogens is 396 g/mol. The second-order valence-electron chi connectivity index (χ2n) is 9.36. The van der Waals surface area contributed by atoms with Crippen molar-refractivity contribution in [2.75, 3.05) is 26.2 Å². The largest absolute Gasteiger partial charge is 0.341 e. The molecule has 30 heavy (non-hydrogen) atoms. The number of aryl methyl sites for hydroxylation is 2. The van der Waals surface area contributed by atoms with Gasteiger partial charge in [0.2, 0.25) is 5.91 Å². The van der Waals surface area contributed by atoms with Crippen LogP contribution in [0.3, 0.4) is 0 Å². The van der Waals surface area contributed by atoms with Crippen LogP contribution >= 0.6 is 11.3 Å². The Hall–Kier alpha value is -1.73. The minimum atomic E-state index is 0.00678. The number of hydrogen-bond acceptors (Lipinski definition) is 5. The first kappa shape index (κ1) is 20.2. The van der Waals surface area contributed by atoms with Crippen molar-refractivity contribution in [3.63, 3.8) is 0 Å². The molecule has 0 N–H and O–H groups in total. The molecule has 3 aliphatic rings. The molecule has 162 valence electrons. The average molecular weight is 429 g/mol. The van der Waals surface area contributed by atoms with E-state index in [-0.39, 0.29) is 18.0 Å². The maximum absolute atomic E-state index is 13.7. The molecule has 4 heterocycles. The van der Waals surface area contributed by atoms with Gasteiger partial charge in [-0.3, -0.25) is 19.1 Å². The fourth-order valence-corrected chi connectivity index (χ4v) is 6.47. The summed E-state index contributed by atoms with van der Waals surface area (Å²) >= 11 is 1.70.